The number of urea groups is 1. The molecule has 19 heavy (non-hydrogen) atoms. The largest absolute Gasteiger partial charge is 0.480 e. The Kier molecular flexibility index (Phi) is 4.28. The maximum atomic E-state index is 12.6. The highest BCUT2D eigenvalue weighted by Gasteiger charge is 2.45. The van der Waals surface area contributed by atoms with Crippen LogP contribution in [-0.2, 0) is 4.79 Å². The van der Waals surface area contributed by atoms with Crippen molar-refractivity contribution in [2.75, 3.05) is 12.8 Å². The van der Waals surface area contributed by atoms with Crippen molar-refractivity contribution in [1.29, 1.82) is 0 Å². The van der Waals surface area contributed by atoms with Crippen LogP contribution in [-0.4, -0.2) is 57.2 Å². The van der Waals surface area contributed by atoms with Gasteiger partial charge in [-0.05, 0) is 25.2 Å². The van der Waals surface area contributed by atoms with Gasteiger partial charge in [-0.15, -0.1) is 11.8 Å². The van der Waals surface area contributed by atoms with E-state index >= 15 is 0 Å². The third kappa shape index (κ3) is 2.68. The molecule has 2 aliphatic rings. The molecule has 0 aromatic rings. The van der Waals surface area contributed by atoms with Gasteiger partial charge in [0.15, 0.2) is 0 Å². The SMILES string of the molecule is CC(C)C1SCC(C(=O)O)N1C(=O)N(C)C1CCC1. The van der Waals surface area contributed by atoms with E-state index in [1.807, 2.05) is 13.8 Å². The second kappa shape index (κ2) is 5.61. The summed E-state index contributed by atoms with van der Waals surface area (Å²) in [5.41, 5.74) is 0. The van der Waals surface area contributed by atoms with Crippen LogP contribution in [0.5, 0.6) is 0 Å². The number of carbonyl (C=O) groups is 2. The Morgan fingerprint density at radius 3 is 2.42 bits per heavy atom. The summed E-state index contributed by atoms with van der Waals surface area (Å²) in [5, 5.41) is 9.27. The molecule has 0 aromatic carbocycles. The minimum absolute atomic E-state index is 0.0314. The minimum atomic E-state index is -0.897. The van der Waals surface area contributed by atoms with Crippen LogP contribution >= 0.6 is 11.8 Å². The van der Waals surface area contributed by atoms with Crippen LogP contribution < -0.4 is 0 Å². The number of carboxylic acid groups (broad SMARTS) is 1. The molecule has 1 saturated carbocycles. The number of hydrogen-bond acceptors (Lipinski definition) is 3. The number of hydrogen-bond donors (Lipinski definition) is 1. The van der Waals surface area contributed by atoms with Crippen molar-refractivity contribution in [1.82, 2.24) is 9.80 Å². The fraction of sp³-hybridized carbons (Fsp3) is 0.846. The van der Waals surface area contributed by atoms with Crippen molar-refractivity contribution in [3.63, 3.8) is 0 Å². The first-order valence-electron chi connectivity index (χ1n) is 6.83. The fourth-order valence-electron chi connectivity index (χ4n) is 2.59. The predicted octanol–water partition coefficient (Wildman–Crippen LogP) is 2.07. The van der Waals surface area contributed by atoms with Gasteiger partial charge in [0.05, 0.1) is 5.37 Å². The quantitative estimate of drug-likeness (QED) is 0.863. The Balaban J connectivity index is 2.15. The molecule has 1 aliphatic carbocycles. The second-order valence-electron chi connectivity index (χ2n) is 5.71. The second-order valence-corrected chi connectivity index (χ2v) is 6.86. The molecule has 0 bridgehead atoms. The molecular formula is C13H22N2O3S. The molecule has 5 nitrogen and oxygen atoms in total. The Labute approximate surface area is 118 Å². The van der Waals surface area contributed by atoms with Crippen LogP contribution in [0.15, 0.2) is 0 Å². The van der Waals surface area contributed by atoms with E-state index in [-0.39, 0.29) is 17.3 Å². The van der Waals surface area contributed by atoms with Gasteiger partial charge in [-0.25, -0.2) is 9.59 Å². The van der Waals surface area contributed by atoms with Crippen LogP contribution in [0.2, 0.25) is 0 Å². The lowest BCUT2D eigenvalue weighted by molar-refractivity contribution is -0.141. The molecule has 2 amide bonds. The van der Waals surface area contributed by atoms with Crippen molar-refractivity contribution in [2.45, 2.75) is 50.6 Å². The summed E-state index contributed by atoms with van der Waals surface area (Å²) < 4.78 is 0. The van der Waals surface area contributed by atoms with E-state index < -0.39 is 12.0 Å². The first kappa shape index (κ1) is 14.5. The lowest BCUT2D eigenvalue weighted by Gasteiger charge is -2.40. The molecule has 0 radical (unpaired) electrons. The van der Waals surface area contributed by atoms with E-state index in [0.717, 1.165) is 19.3 Å². The molecule has 1 saturated heterocycles. The highest BCUT2D eigenvalue weighted by molar-refractivity contribution is 8.00. The normalized spacial score (nSPS) is 27.5. The Morgan fingerprint density at radius 1 is 1.37 bits per heavy atom. The summed E-state index contributed by atoms with van der Waals surface area (Å²) in [6, 6.07) is -0.520. The summed E-state index contributed by atoms with van der Waals surface area (Å²) in [7, 11) is 1.80. The number of amides is 2. The summed E-state index contributed by atoms with van der Waals surface area (Å²) in [6.45, 7) is 4.07. The van der Waals surface area contributed by atoms with Gasteiger partial charge in [-0.1, -0.05) is 13.8 Å². The maximum Gasteiger partial charge on any atom is 0.327 e. The molecule has 0 aromatic heterocycles. The monoisotopic (exact) mass is 286 g/mol. The Hall–Kier alpha value is -0.910. The lowest BCUT2D eigenvalue weighted by Crippen LogP contribution is -2.55. The van der Waals surface area contributed by atoms with Crippen molar-refractivity contribution >= 4 is 23.8 Å². The topological polar surface area (TPSA) is 60.9 Å². The zero-order valence-electron chi connectivity index (χ0n) is 11.7. The van der Waals surface area contributed by atoms with Crippen molar-refractivity contribution in [2.24, 2.45) is 5.92 Å². The minimum Gasteiger partial charge on any atom is -0.480 e. The Morgan fingerprint density at radius 2 is 2.00 bits per heavy atom. The van der Waals surface area contributed by atoms with Gasteiger partial charge >= 0.3 is 12.0 Å². The summed E-state index contributed by atoms with van der Waals surface area (Å²) in [4.78, 5) is 27.2. The number of rotatable bonds is 3. The Bertz CT molecular complexity index is 371. The van der Waals surface area contributed by atoms with Crippen LogP contribution in [0.3, 0.4) is 0 Å². The van der Waals surface area contributed by atoms with Crippen LogP contribution in [0, 0.1) is 5.92 Å². The van der Waals surface area contributed by atoms with E-state index in [0.29, 0.717) is 11.8 Å². The molecule has 2 fully saturated rings. The van der Waals surface area contributed by atoms with Crippen LogP contribution in [0.25, 0.3) is 0 Å². The summed E-state index contributed by atoms with van der Waals surface area (Å²) in [6.07, 6.45) is 3.23. The lowest BCUT2D eigenvalue weighted by atomic mass is 9.92. The zero-order valence-corrected chi connectivity index (χ0v) is 12.5. The number of carbonyl (C=O) groups excluding carboxylic acids is 1. The highest BCUT2D eigenvalue weighted by Crippen LogP contribution is 2.36. The van der Waals surface area contributed by atoms with Crippen molar-refractivity contribution in [3.8, 4) is 0 Å². The smallest absolute Gasteiger partial charge is 0.327 e. The van der Waals surface area contributed by atoms with E-state index in [9.17, 15) is 14.7 Å². The summed E-state index contributed by atoms with van der Waals surface area (Å²) in [5.74, 6) is -0.151. The molecule has 1 heterocycles. The van der Waals surface area contributed by atoms with E-state index in [2.05, 4.69) is 0 Å². The molecule has 108 valence electrons. The van der Waals surface area contributed by atoms with Crippen LogP contribution in [0.4, 0.5) is 4.79 Å². The summed E-state index contributed by atoms with van der Waals surface area (Å²) >= 11 is 1.58. The van der Waals surface area contributed by atoms with E-state index in [1.54, 1.807) is 28.6 Å². The number of thioether (sulfide) groups is 1. The molecule has 2 rings (SSSR count). The standard InChI is InChI=1S/C13H22N2O3S/c1-8(2)11-15(10(7-19-11)12(16)17)13(18)14(3)9-5-4-6-9/h8-11H,4-7H2,1-3H3,(H,16,17). The highest BCUT2D eigenvalue weighted by atomic mass is 32.2. The van der Waals surface area contributed by atoms with Gasteiger partial charge in [0.1, 0.15) is 6.04 Å². The van der Waals surface area contributed by atoms with Crippen molar-refractivity contribution in [3.05, 3.63) is 0 Å². The molecule has 2 atom stereocenters. The third-order valence-corrected chi connectivity index (χ3v) is 5.66. The average molecular weight is 286 g/mol. The van der Waals surface area contributed by atoms with Crippen molar-refractivity contribution < 1.29 is 14.7 Å². The number of aliphatic carboxylic acids is 1. The first-order chi connectivity index (χ1) is 8.93. The zero-order chi connectivity index (χ0) is 14.2. The number of carboxylic acids is 1. The van der Waals surface area contributed by atoms with Gasteiger partial charge in [0.25, 0.3) is 0 Å². The molecule has 0 spiro atoms. The molecule has 1 N–H and O–H groups in total. The molecule has 6 heteroatoms. The third-order valence-electron chi connectivity index (χ3n) is 4.04. The molecular weight excluding hydrogens is 264 g/mol. The van der Waals surface area contributed by atoms with Crippen LogP contribution in [0.1, 0.15) is 33.1 Å². The van der Waals surface area contributed by atoms with E-state index in [4.69, 9.17) is 0 Å². The van der Waals surface area contributed by atoms with Gasteiger partial charge in [-0.2, -0.15) is 0 Å². The van der Waals surface area contributed by atoms with E-state index in [1.165, 1.54) is 0 Å². The van der Waals surface area contributed by atoms with Gasteiger partial charge in [0.2, 0.25) is 0 Å². The average Bonchev–Trinajstić information content (AvgIpc) is 2.69. The molecule has 2 unspecified atom stereocenters. The van der Waals surface area contributed by atoms with Gasteiger partial charge in [-0.3, -0.25) is 4.90 Å². The maximum absolute atomic E-state index is 12.6. The van der Waals surface area contributed by atoms with Gasteiger partial charge in [0, 0.05) is 18.8 Å². The molecule has 1 aliphatic heterocycles. The predicted molar refractivity (Wildman–Crippen MR) is 75.1 cm³/mol. The first-order valence-corrected chi connectivity index (χ1v) is 7.88. The van der Waals surface area contributed by atoms with Gasteiger partial charge < -0.3 is 10.0 Å². The fourth-order valence-corrected chi connectivity index (χ4v) is 4.05. The number of nitrogens with zero attached hydrogens (tertiary/aromatic N) is 2.